The molecule has 2 aromatic carbocycles. The van der Waals surface area contributed by atoms with Crippen molar-refractivity contribution in [1.82, 2.24) is 0 Å². The summed E-state index contributed by atoms with van der Waals surface area (Å²) in [6, 6.07) is 17.6. The molecule has 0 heterocycles. The van der Waals surface area contributed by atoms with Crippen molar-refractivity contribution in [2.24, 2.45) is 5.92 Å². The molecule has 1 fully saturated rings. The zero-order chi connectivity index (χ0) is 14.8. The van der Waals surface area contributed by atoms with Gasteiger partial charge in [0.25, 0.3) is 0 Å². The highest BCUT2D eigenvalue weighted by atomic mass is 14.3. The first-order valence-corrected chi connectivity index (χ1v) is 8.77. The van der Waals surface area contributed by atoms with Gasteiger partial charge in [-0.1, -0.05) is 92.3 Å². The van der Waals surface area contributed by atoms with Crippen LogP contribution >= 0.6 is 0 Å². The molecular weight excluding hydrogens is 264 g/mol. The Hall–Kier alpha value is -1.82. The minimum absolute atomic E-state index is 0.939. The average molecular weight is 288 g/mol. The highest BCUT2D eigenvalue weighted by Crippen LogP contribution is 2.38. The van der Waals surface area contributed by atoms with Crippen molar-refractivity contribution in [3.63, 3.8) is 0 Å². The van der Waals surface area contributed by atoms with Crippen LogP contribution in [0.3, 0.4) is 0 Å². The summed E-state index contributed by atoms with van der Waals surface area (Å²) >= 11 is 0. The van der Waals surface area contributed by atoms with Gasteiger partial charge in [-0.05, 0) is 41.0 Å². The van der Waals surface area contributed by atoms with Crippen molar-refractivity contribution >= 4 is 6.08 Å². The number of rotatable bonds is 3. The van der Waals surface area contributed by atoms with Crippen molar-refractivity contribution in [1.29, 1.82) is 0 Å². The zero-order valence-electron chi connectivity index (χ0n) is 13.2. The molecule has 2 aliphatic carbocycles. The smallest absolute Gasteiger partial charge is 0.00575 e. The van der Waals surface area contributed by atoms with Crippen molar-refractivity contribution < 1.29 is 0 Å². The van der Waals surface area contributed by atoms with Crippen molar-refractivity contribution in [2.75, 3.05) is 0 Å². The van der Waals surface area contributed by atoms with E-state index >= 15 is 0 Å². The van der Waals surface area contributed by atoms with Crippen LogP contribution < -0.4 is 0 Å². The van der Waals surface area contributed by atoms with E-state index in [1.54, 1.807) is 5.57 Å². The van der Waals surface area contributed by atoms with Crippen molar-refractivity contribution in [3.05, 3.63) is 65.2 Å². The first-order valence-electron chi connectivity index (χ1n) is 8.77. The van der Waals surface area contributed by atoms with Gasteiger partial charge in [-0.25, -0.2) is 0 Å². The topological polar surface area (TPSA) is 0 Å². The van der Waals surface area contributed by atoms with Gasteiger partial charge in [-0.2, -0.15) is 0 Å². The molecule has 0 bridgehead atoms. The van der Waals surface area contributed by atoms with Gasteiger partial charge in [-0.3, -0.25) is 0 Å². The predicted octanol–water partition coefficient (Wildman–Crippen LogP) is 6.26. The Morgan fingerprint density at radius 1 is 0.818 bits per heavy atom. The van der Waals surface area contributed by atoms with E-state index in [-0.39, 0.29) is 0 Å². The number of benzene rings is 2. The van der Waals surface area contributed by atoms with Crippen LogP contribution in [0.5, 0.6) is 0 Å². The van der Waals surface area contributed by atoms with Crippen LogP contribution in [0, 0.1) is 5.92 Å². The molecule has 0 nitrogen and oxygen atoms in total. The largest absolute Gasteiger partial charge is 0.0649 e. The maximum Gasteiger partial charge on any atom is -0.00575 e. The highest BCUT2D eigenvalue weighted by molar-refractivity contribution is 5.80. The highest BCUT2D eigenvalue weighted by Gasteiger charge is 2.20. The lowest BCUT2D eigenvalue weighted by atomic mass is 9.84. The fraction of sp³-hybridized carbons (Fsp3) is 0.364. The van der Waals surface area contributed by atoms with Gasteiger partial charge in [0, 0.05) is 0 Å². The molecule has 4 rings (SSSR count). The Bertz CT molecular complexity index is 672. The second-order valence-electron chi connectivity index (χ2n) is 6.93. The molecule has 0 spiro atoms. The lowest BCUT2D eigenvalue weighted by Crippen LogP contribution is -2.07. The summed E-state index contributed by atoms with van der Waals surface area (Å²) < 4.78 is 0. The molecule has 2 aliphatic rings. The summed E-state index contributed by atoms with van der Waals surface area (Å²) in [7, 11) is 0. The molecule has 0 unspecified atom stereocenters. The van der Waals surface area contributed by atoms with E-state index < -0.39 is 0 Å². The number of allylic oxidation sites excluding steroid dienone is 1. The van der Waals surface area contributed by atoms with Gasteiger partial charge in [0.1, 0.15) is 0 Å². The van der Waals surface area contributed by atoms with E-state index in [1.807, 2.05) is 0 Å². The van der Waals surface area contributed by atoms with Crippen LogP contribution in [0.1, 0.15) is 49.7 Å². The van der Waals surface area contributed by atoms with Gasteiger partial charge in [0.15, 0.2) is 0 Å². The zero-order valence-corrected chi connectivity index (χ0v) is 13.2. The molecule has 0 saturated heterocycles. The standard InChI is InChI=1S/C22H24/c1-3-8-17(9-4-1)14-18-15-20-12-7-13-21(22(20)16-18)19-10-5-2-6-11-19/h2,5-7,10-13,16-17H,1,3-4,8-9,14-15H2. The Kier molecular flexibility index (Phi) is 3.84. The van der Waals surface area contributed by atoms with Gasteiger partial charge >= 0.3 is 0 Å². The second-order valence-corrected chi connectivity index (χ2v) is 6.93. The summed E-state index contributed by atoms with van der Waals surface area (Å²) in [5.41, 5.74) is 7.39. The van der Waals surface area contributed by atoms with Crippen LogP contribution in [0.25, 0.3) is 17.2 Å². The molecule has 0 heteroatoms. The second kappa shape index (κ2) is 6.12. The fourth-order valence-electron chi connectivity index (χ4n) is 4.20. The first kappa shape index (κ1) is 13.8. The van der Waals surface area contributed by atoms with E-state index in [4.69, 9.17) is 0 Å². The molecule has 0 radical (unpaired) electrons. The third-order valence-electron chi connectivity index (χ3n) is 5.32. The maximum atomic E-state index is 2.49. The third kappa shape index (κ3) is 2.75. The van der Waals surface area contributed by atoms with Gasteiger partial charge < -0.3 is 0 Å². The summed E-state index contributed by atoms with van der Waals surface area (Å²) in [4.78, 5) is 0. The van der Waals surface area contributed by atoms with Crippen LogP contribution in [0.4, 0.5) is 0 Å². The quantitative estimate of drug-likeness (QED) is 0.625. The molecule has 0 aromatic heterocycles. The summed E-state index contributed by atoms with van der Waals surface area (Å²) in [5, 5.41) is 0. The maximum absolute atomic E-state index is 2.49. The van der Waals surface area contributed by atoms with E-state index in [2.05, 4.69) is 54.6 Å². The third-order valence-corrected chi connectivity index (χ3v) is 5.32. The average Bonchev–Trinajstić information content (AvgIpc) is 2.99. The predicted molar refractivity (Wildman–Crippen MR) is 94.8 cm³/mol. The Balaban J connectivity index is 1.61. The normalized spacial score (nSPS) is 18.1. The molecule has 22 heavy (non-hydrogen) atoms. The molecule has 0 N–H and O–H groups in total. The molecule has 112 valence electrons. The minimum Gasteiger partial charge on any atom is -0.0649 e. The molecule has 0 aliphatic heterocycles. The first-order chi connectivity index (χ1) is 10.9. The molecule has 2 aromatic rings. The minimum atomic E-state index is 0.939. The molecule has 0 atom stereocenters. The number of fused-ring (bicyclic) bond motifs is 1. The van der Waals surface area contributed by atoms with Gasteiger partial charge in [0.2, 0.25) is 0 Å². The SMILES string of the molecule is C1=C(CC2CCCCC2)Cc2cccc(-c3ccccc3)c21. The fourth-order valence-corrected chi connectivity index (χ4v) is 4.20. The summed E-state index contributed by atoms with van der Waals surface area (Å²) in [6.07, 6.45) is 12.2. The molecule has 0 amide bonds. The lowest BCUT2D eigenvalue weighted by molar-refractivity contribution is 0.355. The van der Waals surface area contributed by atoms with E-state index in [9.17, 15) is 0 Å². The van der Waals surface area contributed by atoms with E-state index in [0.29, 0.717) is 0 Å². The van der Waals surface area contributed by atoms with Crippen molar-refractivity contribution in [2.45, 2.75) is 44.9 Å². The van der Waals surface area contributed by atoms with Gasteiger partial charge in [-0.15, -0.1) is 0 Å². The van der Waals surface area contributed by atoms with Crippen LogP contribution in [-0.2, 0) is 6.42 Å². The van der Waals surface area contributed by atoms with Crippen LogP contribution in [-0.4, -0.2) is 0 Å². The molecular formula is C22H24. The van der Waals surface area contributed by atoms with Crippen LogP contribution in [0.15, 0.2) is 54.1 Å². The Labute approximate surface area is 133 Å². The number of hydrogen-bond acceptors (Lipinski definition) is 0. The Morgan fingerprint density at radius 3 is 2.45 bits per heavy atom. The van der Waals surface area contributed by atoms with E-state index in [1.165, 1.54) is 67.2 Å². The van der Waals surface area contributed by atoms with E-state index in [0.717, 1.165) is 5.92 Å². The monoisotopic (exact) mass is 288 g/mol. The number of hydrogen-bond donors (Lipinski definition) is 0. The lowest BCUT2D eigenvalue weighted by Gasteiger charge is -2.21. The van der Waals surface area contributed by atoms with Crippen molar-refractivity contribution in [3.8, 4) is 11.1 Å². The summed E-state index contributed by atoms with van der Waals surface area (Å²) in [5.74, 6) is 0.939. The molecule has 1 saturated carbocycles. The van der Waals surface area contributed by atoms with Gasteiger partial charge in [0.05, 0.1) is 0 Å². The summed E-state index contributed by atoms with van der Waals surface area (Å²) in [6.45, 7) is 0. The van der Waals surface area contributed by atoms with Crippen LogP contribution in [0.2, 0.25) is 0 Å². The Morgan fingerprint density at radius 2 is 1.64 bits per heavy atom.